The first-order chi connectivity index (χ1) is 13.7. The SMILES string of the molecule is N#Cc1ccccc1NCCC(=O)Nc1ccc(OCc2ccccc2)cc1. The van der Waals surface area contributed by atoms with Crippen LogP contribution in [0.3, 0.4) is 0 Å². The number of nitriles is 1. The molecule has 0 aliphatic heterocycles. The molecule has 0 spiro atoms. The van der Waals surface area contributed by atoms with E-state index in [-0.39, 0.29) is 5.91 Å². The lowest BCUT2D eigenvalue weighted by Crippen LogP contribution is -2.16. The van der Waals surface area contributed by atoms with Gasteiger partial charge in [0, 0.05) is 18.7 Å². The maximum atomic E-state index is 12.1. The Bertz CT molecular complexity index is 948. The number of carbonyl (C=O) groups is 1. The Kier molecular flexibility index (Phi) is 6.64. The highest BCUT2D eigenvalue weighted by Gasteiger charge is 2.05. The molecule has 3 aromatic carbocycles. The van der Waals surface area contributed by atoms with E-state index >= 15 is 0 Å². The fraction of sp³-hybridized carbons (Fsp3) is 0.130. The molecule has 1 amide bonds. The van der Waals surface area contributed by atoms with Crippen molar-refractivity contribution in [2.75, 3.05) is 17.2 Å². The minimum atomic E-state index is -0.0973. The number of nitrogens with one attached hydrogen (secondary N) is 2. The summed E-state index contributed by atoms with van der Waals surface area (Å²) in [6, 6.07) is 26.6. The average molecular weight is 371 g/mol. The van der Waals surface area contributed by atoms with Crippen LogP contribution in [0.4, 0.5) is 11.4 Å². The van der Waals surface area contributed by atoms with Gasteiger partial charge in [0.05, 0.1) is 11.3 Å². The summed E-state index contributed by atoms with van der Waals surface area (Å²) >= 11 is 0. The lowest BCUT2D eigenvalue weighted by atomic mass is 10.2. The number of anilines is 2. The molecule has 3 aromatic rings. The first-order valence-corrected chi connectivity index (χ1v) is 9.04. The van der Waals surface area contributed by atoms with Crippen molar-refractivity contribution >= 4 is 17.3 Å². The van der Waals surface area contributed by atoms with Crippen molar-refractivity contribution in [3.05, 3.63) is 90.0 Å². The molecule has 140 valence electrons. The van der Waals surface area contributed by atoms with Crippen LogP contribution < -0.4 is 15.4 Å². The van der Waals surface area contributed by atoms with Crippen molar-refractivity contribution in [3.63, 3.8) is 0 Å². The van der Waals surface area contributed by atoms with Crippen LogP contribution in [0.15, 0.2) is 78.9 Å². The highest BCUT2D eigenvalue weighted by atomic mass is 16.5. The molecule has 0 saturated heterocycles. The molecule has 2 N–H and O–H groups in total. The third kappa shape index (κ3) is 5.61. The summed E-state index contributed by atoms with van der Waals surface area (Å²) in [5.41, 5.74) is 3.12. The lowest BCUT2D eigenvalue weighted by Gasteiger charge is -2.10. The largest absolute Gasteiger partial charge is 0.489 e. The zero-order valence-corrected chi connectivity index (χ0v) is 15.4. The Morgan fingerprint density at radius 2 is 1.64 bits per heavy atom. The zero-order chi connectivity index (χ0) is 19.6. The Morgan fingerprint density at radius 1 is 0.929 bits per heavy atom. The highest BCUT2D eigenvalue weighted by molar-refractivity contribution is 5.91. The molecular formula is C23H21N3O2. The topological polar surface area (TPSA) is 74.2 Å². The maximum absolute atomic E-state index is 12.1. The minimum absolute atomic E-state index is 0.0973. The van der Waals surface area contributed by atoms with Crippen LogP contribution in [0.1, 0.15) is 17.5 Å². The Balaban J connectivity index is 1.43. The van der Waals surface area contributed by atoms with Gasteiger partial charge in [-0.05, 0) is 42.0 Å². The lowest BCUT2D eigenvalue weighted by molar-refractivity contribution is -0.115. The number of hydrogen-bond donors (Lipinski definition) is 2. The predicted molar refractivity (Wildman–Crippen MR) is 110 cm³/mol. The van der Waals surface area contributed by atoms with Gasteiger partial charge in [0.25, 0.3) is 0 Å². The fourth-order valence-corrected chi connectivity index (χ4v) is 2.64. The van der Waals surface area contributed by atoms with Crippen LogP contribution in [-0.4, -0.2) is 12.5 Å². The zero-order valence-electron chi connectivity index (χ0n) is 15.4. The van der Waals surface area contributed by atoms with E-state index in [9.17, 15) is 4.79 Å². The van der Waals surface area contributed by atoms with Crippen molar-refractivity contribution in [3.8, 4) is 11.8 Å². The molecule has 0 aliphatic rings. The number of ether oxygens (including phenoxy) is 1. The van der Waals surface area contributed by atoms with Gasteiger partial charge in [-0.15, -0.1) is 0 Å². The van der Waals surface area contributed by atoms with Gasteiger partial charge in [-0.3, -0.25) is 4.79 Å². The third-order valence-electron chi connectivity index (χ3n) is 4.10. The summed E-state index contributed by atoms with van der Waals surface area (Å²) in [5.74, 6) is 0.650. The van der Waals surface area contributed by atoms with Crippen LogP contribution >= 0.6 is 0 Å². The van der Waals surface area contributed by atoms with E-state index in [0.717, 1.165) is 22.7 Å². The number of hydrogen-bond acceptors (Lipinski definition) is 4. The molecule has 0 fully saturated rings. The Labute approximate surface area is 164 Å². The maximum Gasteiger partial charge on any atom is 0.226 e. The molecule has 28 heavy (non-hydrogen) atoms. The second-order valence-electron chi connectivity index (χ2n) is 6.18. The Morgan fingerprint density at radius 3 is 2.39 bits per heavy atom. The van der Waals surface area contributed by atoms with Crippen molar-refractivity contribution < 1.29 is 9.53 Å². The van der Waals surface area contributed by atoms with Crippen LogP contribution in [-0.2, 0) is 11.4 Å². The van der Waals surface area contributed by atoms with E-state index in [2.05, 4.69) is 16.7 Å². The van der Waals surface area contributed by atoms with E-state index in [0.29, 0.717) is 25.1 Å². The molecule has 3 rings (SSSR count). The van der Waals surface area contributed by atoms with Gasteiger partial charge in [0.1, 0.15) is 18.4 Å². The van der Waals surface area contributed by atoms with Crippen molar-refractivity contribution in [2.24, 2.45) is 0 Å². The van der Waals surface area contributed by atoms with Crippen LogP contribution in [0, 0.1) is 11.3 Å². The third-order valence-corrected chi connectivity index (χ3v) is 4.10. The molecule has 0 heterocycles. The number of benzene rings is 3. The van der Waals surface area contributed by atoms with E-state index in [4.69, 9.17) is 10.00 Å². The predicted octanol–water partition coefficient (Wildman–Crippen LogP) is 4.58. The van der Waals surface area contributed by atoms with Crippen molar-refractivity contribution in [1.82, 2.24) is 0 Å². The number of para-hydroxylation sites is 1. The molecule has 0 atom stereocenters. The normalized spacial score (nSPS) is 9.96. The first kappa shape index (κ1) is 19.0. The number of carbonyl (C=O) groups excluding carboxylic acids is 1. The minimum Gasteiger partial charge on any atom is -0.489 e. The molecule has 0 aromatic heterocycles. The molecular weight excluding hydrogens is 350 g/mol. The number of nitrogens with zero attached hydrogens (tertiary/aromatic N) is 1. The van der Waals surface area contributed by atoms with E-state index < -0.39 is 0 Å². The van der Waals surface area contributed by atoms with Crippen molar-refractivity contribution in [1.29, 1.82) is 5.26 Å². The smallest absolute Gasteiger partial charge is 0.226 e. The van der Waals surface area contributed by atoms with Gasteiger partial charge in [-0.1, -0.05) is 42.5 Å². The van der Waals surface area contributed by atoms with Gasteiger partial charge in [0.2, 0.25) is 5.91 Å². The van der Waals surface area contributed by atoms with Gasteiger partial charge in [0.15, 0.2) is 0 Å². The van der Waals surface area contributed by atoms with E-state index in [1.807, 2.05) is 72.8 Å². The summed E-state index contributed by atoms with van der Waals surface area (Å²) in [7, 11) is 0. The van der Waals surface area contributed by atoms with Gasteiger partial charge < -0.3 is 15.4 Å². The number of rotatable bonds is 8. The average Bonchev–Trinajstić information content (AvgIpc) is 2.74. The second-order valence-corrected chi connectivity index (χ2v) is 6.18. The summed E-state index contributed by atoms with van der Waals surface area (Å²) in [6.45, 7) is 0.950. The van der Waals surface area contributed by atoms with Crippen LogP contribution in [0.5, 0.6) is 5.75 Å². The van der Waals surface area contributed by atoms with Gasteiger partial charge >= 0.3 is 0 Å². The number of amides is 1. The second kappa shape index (κ2) is 9.79. The van der Waals surface area contributed by atoms with Crippen molar-refractivity contribution in [2.45, 2.75) is 13.0 Å². The molecule has 5 nitrogen and oxygen atoms in total. The fourth-order valence-electron chi connectivity index (χ4n) is 2.64. The molecule has 0 aliphatic carbocycles. The van der Waals surface area contributed by atoms with Crippen LogP contribution in [0.2, 0.25) is 0 Å². The summed E-state index contributed by atoms with van der Waals surface area (Å²) in [5, 5.41) is 15.0. The monoisotopic (exact) mass is 371 g/mol. The molecule has 0 bridgehead atoms. The van der Waals surface area contributed by atoms with Gasteiger partial charge in [-0.25, -0.2) is 0 Å². The quantitative estimate of drug-likeness (QED) is 0.608. The summed E-state index contributed by atoms with van der Waals surface area (Å²) in [6.07, 6.45) is 0.298. The summed E-state index contributed by atoms with van der Waals surface area (Å²) < 4.78 is 5.74. The summed E-state index contributed by atoms with van der Waals surface area (Å²) in [4.78, 5) is 12.1. The highest BCUT2D eigenvalue weighted by Crippen LogP contribution is 2.17. The van der Waals surface area contributed by atoms with E-state index in [1.54, 1.807) is 6.07 Å². The standard InChI is InChI=1S/C23H21N3O2/c24-16-19-8-4-5-9-22(19)25-15-14-23(27)26-20-10-12-21(13-11-20)28-17-18-6-2-1-3-7-18/h1-13,25H,14-15,17H2,(H,26,27). The molecule has 0 unspecified atom stereocenters. The van der Waals surface area contributed by atoms with E-state index in [1.165, 1.54) is 0 Å². The molecule has 5 heteroatoms. The van der Waals surface area contributed by atoms with Crippen LogP contribution in [0.25, 0.3) is 0 Å². The van der Waals surface area contributed by atoms with Gasteiger partial charge in [-0.2, -0.15) is 5.26 Å². The molecule has 0 radical (unpaired) electrons. The first-order valence-electron chi connectivity index (χ1n) is 9.04. The molecule has 0 saturated carbocycles. The Hall–Kier alpha value is -3.78.